The van der Waals surface area contributed by atoms with Crippen LogP contribution in [0, 0.1) is 5.92 Å². The summed E-state index contributed by atoms with van der Waals surface area (Å²) in [4.78, 5) is 24.4. The summed E-state index contributed by atoms with van der Waals surface area (Å²) in [6.07, 6.45) is 11.1. The van der Waals surface area contributed by atoms with E-state index in [1.54, 1.807) is 0 Å². The van der Waals surface area contributed by atoms with Gasteiger partial charge in [0, 0.05) is 24.3 Å². The molecule has 0 saturated heterocycles. The van der Waals surface area contributed by atoms with Crippen molar-refractivity contribution in [2.75, 3.05) is 0 Å². The predicted molar refractivity (Wildman–Crippen MR) is 104 cm³/mol. The molecule has 138 valence electrons. The van der Waals surface area contributed by atoms with Crippen molar-refractivity contribution < 1.29 is 9.59 Å². The molecule has 1 fully saturated rings. The molecular formula is C23H34O2. The Kier molecular flexibility index (Phi) is 8.37. The average molecular weight is 343 g/mol. The molecule has 0 aromatic heterocycles. The number of hydrogen-bond donors (Lipinski definition) is 0. The van der Waals surface area contributed by atoms with Gasteiger partial charge in [-0.3, -0.25) is 9.59 Å². The van der Waals surface area contributed by atoms with Crippen LogP contribution in [0.1, 0.15) is 106 Å². The highest BCUT2D eigenvalue weighted by Crippen LogP contribution is 2.36. The average Bonchev–Trinajstić information content (AvgIpc) is 2.66. The van der Waals surface area contributed by atoms with Crippen LogP contribution in [-0.4, -0.2) is 11.6 Å². The van der Waals surface area contributed by atoms with Gasteiger partial charge >= 0.3 is 0 Å². The van der Waals surface area contributed by atoms with Crippen molar-refractivity contribution in [1.29, 1.82) is 0 Å². The summed E-state index contributed by atoms with van der Waals surface area (Å²) in [7, 11) is 0. The van der Waals surface area contributed by atoms with E-state index in [4.69, 9.17) is 0 Å². The SMILES string of the molecule is CCCCCC(=O)C1CCC(c2ccc(C(=O)CCCC)cc2)CC1. The molecule has 0 radical (unpaired) electrons. The minimum atomic E-state index is 0.259. The van der Waals surface area contributed by atoms with Crippen LogP contribution in [0.15, 0.2) is 24.3 Å². The van der Waals surface area contributed by atoms with Gasteiger partial charge < -0.3 is 0 Å². The minimum Gasteiger partial charge on any atom is -0.299 e. The van der Waals surface area contributed by atoms with Crippen LogP contribution in [-0.2, 0) is 4.79 Å². The second kappa shape index (κ2) is 10.5. The molecule has 2 heteroatoms. The molecule has 0 bridgehead atoms. The molecule has 1 aromatic carbocycles. The lowest BCUT2D eigenvalue weighted by Gasteiger charge is -2.28. The third kappa shape index (κ3) is 6.09. The van der Waals surface area contributed by atoms with Crippen molar-refractivity contribution in [2.24, 2.45) is 5.92 Å². The first-order valence-electron chi connectivity index (χ1n) is 10.3. The summed E-state index contributed by atoms with van der Waals surface area (Å²) < 4.78 is 0. The lowest BCUT2D eigenvalue weighted by molar-refractivity contribution is -0.124. The van der Waals surface area contributed by atoms with Crippen molar-refractivity contribution in [1.82, 2.24) is 0 Å². The summed E-state index contributed by atoms with van der Waals surface area (Å²) in [5.41, 5.74) is 2.18. The van der Waals surface area contributed by atoms with Gasteiger partial charge in [0.2, 0.25) is 0 Å². The van der Waals surface area contributed by atoms with Crippen LogP contribution in [0.4, 0.5) is 0 Å². The standard InChI is InChI=1S/C23H34O2/c1-3-5-7-9-23(25)21-16-12-19(13-17-21)18-10-14-20(15-11-18)22(24)8-6-4-2/h10-11,14-15,19,21H,3-9,12-13,16-17H2,1-2H3. The number of carbonyl (C=O) groups excluding carboxylic acids is 2. The number of Topliss-reactive ketones (excluding diaryl/α,β-unsaturated/α-hetero) is 2. The zero-order valence-electron chi connectivity index (χ0n) is 16.1. The van der Waals surface area contributed by atoms with E-state index in [1.807, 2.05) is 12.1 Å². The Morgan fingerprint density at radius 3 is 2.08 bits per heavy atom. The number of unbranched alkanes of at least 4 members (excludes halogenated alkanes) is 3. The van der Waals surface area contributed by atoms with Crippen LogP contribution in [0.2, 0.25) is 0 Å². The van der Waals surface area contributed by atoms with Gasteiger partial charge in [-0.1, -0.05) is 57.4 Å². The lowest BCUT2D eigenvalue weighted by atomic mass is 9.76. The van der Waals surface area contributed by atoms with E-state index in [0.29, 0.717) is 24.0 Å². The van der Waals surface area contributed by atoms with Crippen LogP contribution in [0.3, 0.4) is 0 Å². The molecule has 1 aromatic rings. The first-order valence-corrected chi connectivity index (χ1v) is 10.3. The van der Waals surface area contributed by atoms with E-state index < -0.39 is 0 Å². The maximum atomic E-state index is 12.3. The first kappa shape index (κ1) is 19.9. The van der Waals surface area contributed by atoms with Gasteiger partial charge in [-0.2, -0.15) is 0 Å². The zero-order valence-corrected chi connectivity index (χ0v) is 16.1. The quantitative estimate of drug-likeness (QED) is 0.360. The van der Waals surface area contributed by atoms with Crippen LogP contribution in [0.25, 0.3) is 0 Å². The summed E-state index contributed by atoms with van der Waals surface area (Å²) in [6.45, 7) is 4.29. The number of benzene rings is 1. The maximum absolute atomic E-state index is 12.3. The van der Waals surface area contributed by atoms with E-state index in [-0.39, 0.29) is 5.78 Å². The van der Waals surface area contributed by atoms with Crippen LogP contribution >= 0.6 is 0 Å². The van der Waals surface area contributed by atoms with Gasteiger partial charge in [0.15, 0.2) is 5.78 Å². The second-order valence-electron chi connectivity index (χ2n) is 7.62. The smallest absolute Gasteiger partial charge is 0.162 e. The van der Waals surface area contributed by atoms with Crippen LogP contribution in [0.5, 0.6) is 0 Å². The second-order valence-corrected chi connectivity index (χ2v) is 7.62. The molecule has 0 spiro atoms. The van der Waals surface area contributed by atoms with Gasteiger partial charge in [0.05, 0.1) is 0 Å². The van der Waals surface area contributed by atoms with E-state index >= 15 is 0 Å². The first-order chi connectivity index (χ1) is 12.2. The van der Waals surface area contributed by atoms with E-state index in [0.717, 1.165) is 56.9 Å². The topological polar surface area (TPSA) is 34.1 Å². The van der Waals surface area contributed by atoms with Gasteiger partial charge in [-0.05, 0) is 50.0 Å². The van der Waals surface area contributed by atoms with Gasteiger partial charge in [0.1, 0.15) is 5.78 Å². The van der Waals surface area contributed by atoms with Crippen molar-refractivity contribution in [3.8, 4) is 0 Å². The van der Waals surface area contributed by atoms with Gasteiger partial charge in [-0.15, -0.1) is 0 Å². The lowest BCUT2D eigenvalue weighted by Crippen LogP contribution is -2.21. The monoisotopic (exact) mass is 342 g/mol. The van der Waals surface area contributed by atoms with Crippen LogP contribution < -0.4 is 0 Å². The Morgan fingerprint density at radius 2 is 1.48 bits per heavy atom. The van der Waals surface area contributed by atoms with E-state index in [9.17, 15) is 9.59 Å². The molecule has 1 aliphatic rings. The number of hydrogen-bond acceptors (Lipinski definition) is 2. The normalized spacial score (nSPS) is 20.4. The fraction of sp³-hybridized carbons (Fsp3) is 0.652. The molecule has 0 atom stereocenters. The molecule has 0 N–H and O–H groups in total. The van der Waals surface area contributed by atoms with E-state index in [2.05, 4.69) is 26.0 Å². The Morgan fingerprint density at radius 1 is 0.840 bits per heavy atom. The third-order valence-electron chi connectivity index (χ3n) is 5.67. The summed E-state index contributed by atoms with van der Waals surface area (Å²) >= 11 is 0. The highest BCUT2D eigenvalue weighted by molar-refractivity contribution is 5.96. The Hall–Kier alpha value is -1.44. The number of rotatable bonds is 10. The molecule has 1 saturated carbocycles. The maximum Gasteiger partial charge on any atom is 0.162 e. The Labute approximate surface area is 153 Å². The highest BCUT2D eigenvalue weighted by Gasteiger charge is 2.26. The van der Waals surface area contributed by atoms with Gasteiger partial charge in [0.25, 0.3) is 0 Å². The van der Waals surface area contributed by atoms with Crippen molar-refractivity contribution >= 4 is 11.6 Å². The predicted octanol–water partition coefficient (Wildman–Crippen LogP) is 6.48. The molecule has 0 amide bonds. The summed E-state index contributed by atoms with van der Waals surface area (Å²) in [5.74, 6) is 1.60. The molecular weight excluding hydrogens is 308 g/mol. The van der Waals surface area contributed by atoms with Gasteiger partial charge in [-0.25, -0.2) is 0 Å². The van der Waals surface area contributed by atoms with Crippen molar-refractivity contribution in [2.45, 2.75) is 90.4 Å². The zero-order chi connectivity index (χ0) is 18.1. The molecule has 2 nitrogen and oxygen atoms in total. The number of ketones is 2. The minimum absolute atomic E-state index is 0.259. The van der Waals surface area contributed by atoms with Crippen molar-refractivity contribution in [3.05, 3.63) is 35.4 Å². The fourth-order valence-electron chi connectivity index (χ4n) is 3.92. The summed E-state index contributed by atoms with van der Waals surface area (Å²) in [6, 6.07) is 8.26. The summed E-state index contributed by atoms with van der Waals surface area (Å²) in [5, 5.41) is 0. The largest absolute Gasteiger partial charge is 0.299 e. The fourth-order valence-corrected chi connectivity index (χ4v) is 3.92. The number of carbonyl (C=O) groups is 2. The molecule has 1 aliphatic carbocycles. The van der Waals surface area contributed by atoms with Crippen molar-refractivity contribution in [3.63, 3.8) is 0 Å². The molecule has 25 heavy (non-hydrogen) atoms. The molecule has 0 unspecified atom stereocenters. The molecule has 0 aliphatic heterocycles. The van der Waals surface area contributed by atoms with E-state index in [1.165, 1.54) is 18.4 Å². The highest BCUT2D eigenvalue weighted by atomic mass is 16.1. The molecule has 0 heterocycles. The Balaban J connectivity index is 1.82. The Bertz CT molecular complexity index is 536. The molecule has 2 rings (SSSR count). The third-order valence-corrected chi connectivity index (χ3v) is 5.67.